The molecule has 1 aliphatic heterocycles. The molecule has 0 saturated heterocycles. The standard InChI is InChI=1S/C19H20O5/c1-11(2)7-18(21)23-17-9-12-8-16-13(14(20)5-6-22-16)10-15(12)24-19(17,3)4/h5-8,10,17H,9H2,1-4H3. The molecular formula is C19H20O5. The van der Waals surface area contributed by atoms with Crippen LogP contribution in [0.25, 0.3) is 11.0 Å². The number of fused-ring (bicyclic) bond motifs is 2. The number of rotatable bonds is 2. The zero-order valence-corrected chi connectivity index (χ0v) is 14.2. The molecule has 0 spiro atoms. The van der Waals surface area contributed by atoms with Gasteiger partial charge in [0.2, 0.25) is 0 Å². The number of benzene rings is 1. The van der Waals surface area contributed by atoms with Crippen LogP contribution in [0.3, 0.4) is 0 Å². The third-order valence-electron chi connectivity index (χ3n) is 4.06. The minimum atomic E-state index is -0.694. The summed E-state index contributed by atoms with van der Waals surface area (Å²) in [5, 5.41) is 0.479. The second-order valence-corrected chi connectivity index (χ2v) is 6.80. The van der Waals surface area contributed by atoms with Gasteiger partial charge in [-0.1, -0.05) is 5.57 Å². The monoisotopic (exact) mass is 328 g/mol. The van der Waals surface area contributed by atoms with Crippen LogP contribution in [-0.4, -0.2) is 17.7 Å². The Morgan fingerprint density at radius 3 is 2.79 bits per heavy atom. The van der Waals surface area contributed by atoms with Gasteiger partial charge in [-0.3, -0.25) is 4.79 Å². The molecule has 1 unspecified atom stereocenters. The van der Waals surface area contributed by atoms with Crippen molar-refractivity contribution in [1.29, 1.82) is 0 Å². The molecule has 3 rings (SSSR count). The third-order valence-corrected chi connectivity index (χ3v) is 4.06. The van der Waals surface area contributed by atoms with Crippen LogP contribution in [0.15, 0.2) is 45.3 Å². The third kappa shape index (κ3) is 3.07. The highest BCUT2D eigenvalue weighted by Gasteiger charge is 2.39. The second kappa shape index (κ2) is 5.82. The van der Waals surface area contributed by atoms with E-state index in [1.807, 2.05) is 27.7 Å². The van der Waals surface area contributed by atoms with Gasteiger partial charge in [-0.25, -0.2) is 4.79 Å². The van der Waals surface area contributed by atoms with Crippen molar-refractivity contribution in [3.63, 3.8) is 0 Å². The summed E-state index contributed by atoms with van der Waals surface area (Å²) in [6.07, 6.45) is 2.90. The lowest BCUT2D eigenvalue weighted by Crippen LogP contribution is -2.48. The Labute approximate surface area is 139 Å². The maximum atomic E-state index is 12.0. The second-order valence-electron chi connectivity index (χ2n) is 6.80. The first kappa shape index (κ1) is 16.3. The summed E-state index contributed by atoms with van der Waals surface area (Å²) in [5.41, 5.74) is 1.42. The fraction of sp³-hybridized carbons (Fsp3) is 0.368. The molecule has 0 radical (unpaired) electrons. The van der Waals surface area contributed by atoms with E-state index < -0.39 is 11.7 Å². The molecular weight excluding hydrogens is 308 g/mol. The molecule has 0 aliphatic carbocycles. The first-order valence-electron chi connectivity index (χ1n) is 7.85. The molecule has 1 atom stereocenters. The van der Waals surface area contributed by atoms with Crippen molar-refractivity contribution in [2.24, 2.45) is 0 Å². The van der Waals surface area contributed by atoms with Gasteiger partial charge in [0.05, 0.1) is 11.6 Å². The lowest BCUT2D eigenvalue weighted by atomic mass is 9.90. The van der Waals surface area contributed by atoms with Gasteiger partial charge in [-0.15, -0.1) is 0 Å². The van der Waals surface area contributed by atoms with E-state index in [2.05, 4.69) is 0 Å². The summed E-state index contributed by atoms with van der Waals surface area (Å²) in [6, 6.07) is 4.86. The fourth-order valence-electron chi connectivity index (χ4n) is 2.79. The SMILES string of the molecule is CC(C)=CC(=O)OC1Cc2cc3occc(=O)c3cc2OC1(C)C. The van der Waals surface area contributed by atoms with Crippen molar-refractivity contribution in [3.8, 4) is 5.75 Å². The molecule has 5 nitrogen and oxygen atoms in total. The highest BCUT2D eigenvalue weighted by Crippen LogP contribution is 2.36. The molecule has 1 aliphatic rings. The minimum absolute atomic E-state index is 0.113. The van der Waals surface area contributed by atoms with Crippen LogP contribution in [0.4, 0.5) is 0 Å². The Morgan fingerprint density at radius 1 is 1.33 bits per heavy atom. The van der Waals surface area contributed by atoms with E-state index in [0.717, 1.165) is 11.1 Å². The molecule has 0 saturated carbocycles. The number of hydrogen-bond donors (Lipinski definition) is 0. The van der Waals surface area contributed by atoms with E-state index >= 15 is 0 Å². The van der Waals surface area contributed by atoms with E-state index in [4.69, 9.17) is 13.9 Å². The lowest BCUT2D eigenvalue weighted by molar-refractivity contribution is -0.155. The van der Waals surface area contributed by atoms with Gasteiger partial charge in [-0.05, 0) is 39.8 Å². The van der Waals surface area contributed by atoms with E-state index in [9.17, 15) is 9.59 Å². The van der Waals surface area contributed by atoms with Gasteiger partial charge in [0.25, 0.3) is 0 Å². The number of carbonyl (C=O) groups is 1. The van der Waals surface area contributed by atoms with Gasteiger partial charge in [0, 0.05) is 24.1 Å². The van der Waals surface area contributed by atoms with Crippen molar-refractivity contribution in [2.75, 3.05) is 0 Å². The molecule has 0 N–H and O–H groups in total. The van der Waals surface area contributed by atoms with Crippen molar-refractivity contribution in [3.05, 3.63) is 51.9 Å². The molecule has 0 amide bonds. The first-order valence-corrected chi connectivity index (χ1v) is 7.85. The highest BCUT2D eigenvalue weighted by molar-refractivity contribution is 5.83. The van der Waals surface area contributed by atoms with E-state index in [1.165, 1.54) is 18.4 Å². The molecule has 1 aromatic carbocycles. The number of esters is 1. The summed E-state index contributed by atoms with van der Waals surface area (Å²) in [4.78, 5) is 23.9. The molecule has 0 fully saturated rings. The number of ether oxygens (including phenoxy) is 2. The van der Waals surface area contributed by atoms with Crippen LogP contribution >= 0.6 is 0 Å². The number of carbonyl (C=O) groups excluding carboxylic acids is 1. The highest BCUT2D eigenvalue weighted by atomic mass is 16.6. The Kier molecular flexibility index (Phi) is 3.95. The van der Waals surface area contributed by atoms with Gasteiger partial charge in [-0.2, -0.15) is 0 Å². The van der Waals surface area contributed by atoms with Gasteiger partial charge in [0.1, 0.15) is 23.0 Å². The van der Waals surface area contributed by atoms with Crippen molar-refractivity contribution >= 4 is 16.9 Å². The predicted octanol–water partition coefficient (Wildman–Crippen LogP) is 3.38. The van der Waals surface area contributed by atoms with Crippen LogP contribution in [-0.2, 0) is 16.0 Å². The Hall–Kier alpha value is -2.56. The van der Waals surface area contributed by atoms with Gasteiger partial charge < -0.3 is 13.9 Å². The maximum absolute atomic E-state index is 12.0. The zero-order valence-electron chi connectivity index (χ0n) is 14.2. The molecule has 126 valence electrons. The molecule has 2 aromatic rings. The quantitative estimate of drug-likeness (QED) is 0.624. The predicted molar refractivity (Wildman–Crippen MR) is 90.2 cm³/mol. The van der Waals surface area contributed by atoms with Crippen molar-refractivity contribution < 1.29 is 18.7 Å². The molecule has 1 aromatic heterocycles. The average Bonchev–Trinajstić information content (AvgIpc) is 2.46. The van der Waals surface area contributed by atoms with E-state index in [1.54, 1.807) is 12.1 Å². The molecule has 2 heterocycles. The summed E-state index contributed by atoms with van der Waals surface area (Å²) < 4.78 is 17.0. The first-order chi connectivity index (χ1) is 11.3. The maximum Gasteiger partial charge on any atom is 0.331 e. The largest absolute Gasteiger partial charge is 0.484 e. The van der Waals surface area contributed by atoms with Crippen LogP contribution in [0.2, 0.25) is 0 Å². The summed E-state index contributed by atoms with van der Waals surface area (Å²) in [7, 11) is 0. The van der Waals surface area contributed by atoms with Crippen molar-refractivity contribution in [1.82, 2.24) is 0 Å². The average molecular weight is 328 g/mol. The van der Waals surface area contributed by atoms with Gasteiger partial charge in [0.15, 0.2) is 5.43 Å². The molecule has 5 heteroatoms. The normalized spacial score (nSPS) is 18.4. The number of hydrogen-bond acceptors (Lipinski definition) is 5. The van der Waals surface area contributed by atoms with Crippen molar-refractivity contribution in [2.45, 2.75) is 45.8 Å². The summed E-state index contributed by atoms with van der Waals surface area (Å²) >= 11 is 0. The van der Waals surface area contributed by atoms with Crippen LogP contribution < -0.4 is 10.2 Å². The topological polar surface area (TPSA) is 65.7 Å². The van der Waals surface area contributed by atoms with Gasteiger partial charge >= 0.3 is 5.97 Å². The molecule has 24 heavy (non-hydrogen) atoms. The Bertz CT molecular complexity index is 884. The van der Waals surface area contributed by atoms with E-state index in [0.29, 0.717) is 23.1 Å². The lowest BCUT2D eigenvalue weighted by Gasteiger charge is -2.39. The zero-order chi connectivity index (χ0) is 17.5. The van der Waals surface area contributed by atoms with E-state index in [-0.39, 0.29) is 11.4 Å². The minimum Gasteiger partial charge on any atom is -0.484 e. The fourth-order valence-corrected chi connectivity index (χ4v) is 2.79. The van der Waals surface area contributed by atoms with Crippen LogP contribution in [0.1, 0.15) is 33.3 Å². The Morgan fingerprint density at radius 2 is 2.08 bits per heavy atom. The Balaban J connectivity index is 1.98. The summed E-state index contributed by atoms with van der Waals surface area (Å²) in [5.74, 6) is 0.243. The molecule has 0 bridgehead atoms. The summed E-state index contributed by atoms with van der Waals surface area (Å²) in [6.45, 7) is 7.42. The van der Waals surface area contributed by atoms with Crippen LogP contribution in [0, 0.1) is 0 Å². The van der Waals surface area contributed by atoms with Crippen LogP contribution in [0.5, 0.6) is 5.75 Å². The smallest absolute Gasteiger partial charge is 0.331 e. The number of allylic oxidation sites excluding steroid dienone is 1.